The van der Waals surface area contributed by atoms with Crippen LogP contribution in [0.25, 0.3) is 0 Å². The van der Waals surface area contributed by atoms with Gasteiger partial charge in [-0.1, -0.05) is 39.5 Å². The zero-order valence-corrected chi connectivity index (χ0v) is 10.9. The van der Waals surface area contributed by atoms with Crippen molar-refractivity contribution in [2.24, 2.45) is 0 Å². The summed E-state index contributed by atoms with van der Waals surface area (Å²) in [5.41, 5.74) is 0. The molecule has 0 heterocycles. The average molecular weight is 240 g/mol. The van der Waals surface area contributed by atoms with Crippen LogP contribution in [-0.2, 0) is 9.30 Å². The van der Waals surface area contributed by atoms with Crippen molar-refractivity contribution in [2.75, 3.05) is 13.2 Å². The molecule has 0 atom stereocenters. The van der Waals surface area contributed by atoms with E-state index in [0.29, 0.717) is 0 Å². The van der Waals surface area contributed by atoms with Crippen LogP contribution in [0.15, 0.2) is 0 Å². The molecule has 0 saturated heterocycles. The first-order valence-electron chi connectivity index (χ1n) is 5.64. The Balaban J connectivity index is 0. The van der Waals surface area contributed by atoms with Crippen LogP contribution in [0.4, 0.5) is 0 Å². The van der Waals surface area contributed by atoms with Crippen LogP contribution >= 0.6 is 8.25 Å². The van der Waals surface area contributed by atoms with Gasteiger partial charge in [-0.15, -0.1) is 0 Å². The molecule has 2 N–H and O–H groups in total. The predicted molar refractivity (Wildman–Crippen MR) is 63.3 cm³/mol. The largest absolute Gasteiger partial charge is 0.381 e. The highest BCUT2D eigenvalue weighted by Crippen LogP contribution is 1.98. The second-order valence-electron chi connectivity index (χ2n) is 3.31. The minimum absolute atomic E-state index is 0.970. The summed E-state index contributed by atoms with van der Waals surface area (Å²) in [6, 6.07) is 0. The first-order valence-corrected chi connectivity index (χ1v) is 6.95. The summed E-state index contributed by atoms with van der Waals surface area (Å²) in [5, 5.41) is 0. The molecule has 0 bridgehead atoms. The van der Waals surface area contributed by atoms with E-state index in [9.17, 15) is 0 Å². The van der Waals surface area contributed by atoms with Crippen LogP contribution in [-0.4, -0.2) is 23.0 Å². The standard InChI is InChI=1S/C10H22O.H3O3P/c1-3-5-7-9-11-10-8-6-4-2;1-4(2)3/h3-10H2,1-2H3;4H,(H2,1,2,3). The van der Waals surface area contributed by atoms with Crippen LogP contribution in [0.1, 0.15) is 52.4 Å². The number of ether oxygens (including phenoxy) is 1. The predicted octanol–water partition coefficient (Wildman–Crippen LogP) is 2.74. The van der Waals surface area contributed by atoms with E-state index in [4.69, 9.17) is 19.1 Å². The lowest BCUT2D eigenvalue weighted by Gasteiger charge is -2.01. The van der Waals surface area contributed by atoms with Gasteiger partial charge in [-0.05, 0) is 12.8 Å². The smallest absolute Gasteiger partial charge is 0.314 e. The van der Waals surface area contributed by atoms with E-state index in [1.807, 2.05) is 0 Å². The normalized spacial score (nSPS) is 9.93. The molecular weight excluding hydrogens is 215 g/mol. The fraction of sp³-hybridized carbons (Fsp3) is 1.00. The van der Waals surface area contributed by atoms with Gasteiger partial charge in [-0.2, -0.15) is 0 Å². The van der Waals surface area contributed by atoms with E-state index < -0.39 is 8.25 Å². The van der Waals surface area contributed by atoms with Gasteiger partial charge in [0.25, 0.3) is 0 Å². The molecule has 0 spiro atoms. The molecule has 94 valence electrons. The van der Waals surface area contributed by atoms with Crippen LogP contribution in [0.3, 0.4) is 0 Å². The van der Waals surface area contributed by atoms with Crippen molar-refractivity contribution in [2.45, 2.75) is 52.4 Å². The Kier molecular flexibility index (Phi) is 19.3. The SMILES string of the molecule is CCCCCOCCCCC.O=[PH](O)O. The Hall–Kier alpha value is 0.110. The van der Waals surface area contributed by atoms with Crippen molar-refractivity contribution in [1.82, 2.24) is 0 Å². The van der Waals surface area contributed by atoms with Crippen molar-refractivity contribution >= 4 is 8.25 Å². The third-order valence-corrected chi connectivity index (χ3v) is 1.78. The molecular formula is C10H25O4P. The monoisotopic (exact) mass is 240 g/mol. The van der Waals surface area contributed by atoms with Gasteiger partial charge >= 0.3 is 8.25 Å². The maximum atomic E-state index is 8.74. The van der Waals surface area contributed by atoms with Crippen molar-refractivity contribution < 1.29 is 19.1 Å². The van der Waals surface area contributed by atoms with Gasteiger partial charge in [-0.25, -0.2) is 0 Å². The molecule has 0 aliphatic carbocycles. The second-order valence-corrected chi connectivity index (χ2v) is 3.87. The average Bonchev–Trinajstić information content (AvgIpc) is 2.16. The fourth-order valence-corrected chi connectivity index (χ4v) is 1.01. The van der Waals surface area contributed by atoms with Gasteiger partial charge in [0.2, 0.25) is 0 Å². The zero-order valence-electron chi connectivity index (χ0n) is 9.87. The van der Waals surface area contributed by atoms with Gasteiger partial charge in [0.1, 0.15) is 0 Å². The highest BCUT2D eigenvalue weighted by atomic mass is 31.1. The summed E-state index contributed by atoms with van der Waals surface area (Å²) >= 11 is 0. The highest BCUT2D eigenvalue weighted by Gasteiger charge is 1.88. The fourth-order valence-electron chi connectivity index (χ4n) is 1.01. The summed E-state index contributed by atoms with van der Waals surface area (Å²) in [6.45, 7) is 6.38. The van der Waals surface area contributed by atoms with Crippen LogP contribution < -0.4 is 0 Å². The molecule has 0 amide bonds. The van der Waals surface area contributed by atoms with E-state index in [2.05, 4.69) is 13.8 Å². The summed E-state index contributed by atoms with van der Waals surface area (Å²) in [6.07, 6.45) is 7.68. The van der Waals surface area contributed by atoms with E-state index in [0.717, 1.165) is 13.2 Å². The minimum atomic E-state index is -3.13. The molecule has 5 heteroatoms. The van der Waals surface area contributed by atoms with Crippen LogP contribution in [0.5, 0.6) is 0 Å². The molecule has 0 aliphatic heterocycles. The molecule has 0 aromatic heterocycles. The molecule has 15 heavy (non-hydrogen) atoms. The van der Waals surface area contributed by atoms with Crippen molar-refractivity contribution in [3.63, 3.8) is 0 Å². The number of rotatable bonds is 8. The molecule has 4 nitrogen and oxygen atoms in total. The lowest BCUT2D eigenvalue weighted by atomic mass is 10.2. The van der Waals surface area contributed by atoms with Gasteiger partial charge in [0.05, 0.1) is 0 Å². The van der Waals surface area contributed by atoms with Gasteiger partial charge in [0.15, 0.2) is 0 Å². The summed E-state index contributed by atoms with van der Waals surface area (Å²) in [7, 11) is -3.13. The Morgan fingerprint density at radius 1 is 0.933 bits per heavy atom. The second kappa shape index (κ2) is 16.5. The maximum Gasteiger partial charge on any atom is 0.314 e. The summed E-state index contributed by atoms with van der Waals surface area (Å²) in [5.74, 6) is 0. The third-order valence-electron chi connectivity index (χ3n) is 1.78. The Morgan fingerprint density at radius 2 is 1.27 bits per heavy atom. The van der Waals surface area contributed by atoms with Gasteiger partial charge in [-0.3, -0.25) is 4.57 Å². The molecule has 0 radical (unpaired) electrons. The Labute approximate surface area is 93.6 Å². The molecule has 0 saturated carbocycles. The molecule has 0 aromatic rings. The Morgan fingerprint density at radius 3 is 1.53 bits per heavy atom. The van der Waals surface area contributed by atoms with E-state index in [1.165, 1.54) is 38.5 Å². The van der Waals surface area contributed by atoms with Crippen molar-refractivity contribution in [1.29, 1.82) is 0 Å². The molecule has 0 aromatic carbocycles. The zero-order chi connectivity index (χ0) is 11.9. The maximum absolute atomic E-state index is 8.74. The number of hydrogen-bond donors (Lipinski definition) is 2. The topological polar surface area (TPSA) is 66.8 Å². The molecule has 0 unspecified atom stereocenters. The van der Waals surface area contributed by atoms with Crippen LogP contribution in [0.2, 0.25) is 0 Å². The first kappa shape index (κ1) is 17.5. The van der Waals surface area contributed by atoms with Crippen molar-refractivity contribution in [3.8, 4) is 0 Å². The lowest BCUT2D eigenvalue weighted by Crippen LogP contribution is -1.96. The summed E-state index contributed by atoms with van der Waals surface area (Å²) in [4.78, 5) is 14.3. The van der Waals surface area contributed by atoms with Crippen LogP contribution in [0, 0.1) is 0 Å². The quantitative estimate of drug-likeness (QED) is 0.505. The minimum Gasteiger partial charge on any atom is -0.381 e. The lowest BCUT2D eigenvalue weighted by molar-refractivity contribution is 0.126. The number of unbranched alkanes of at least 4 members (excludes halogenated alkanes) is 4. The third kappa shape index (κ3) is 31.5. The van der Waals surface area contributed by atoms with Crippen molar-refractivity contribution in [3.05, 3.63) is 0 Å². The highest BCUT2D eigenvalue weighted by molar-refractivity contribution is 7.30. The van der Waals surface area contributed by atoms with Gasteiger partial charge < -0.3 is 14.5 Å². The van der Waals surface area contributed by atoms with E-state index >= 15 is 0 Å². The number of hydrogen-bond acceptors (Lipinski definition) is 2. The van der Waals surface area contributed by atoms with Gasteiger partial charge in [0, 0.05) is 13.2 Å². The first-order chi connectivity index (χ1) is 7.15. The summed E-state index contributed by atoms with van der Waals surface area (Å²) < 4.78 is 14.2. The Bertz CT molecular complexity index is 119. The van der Waals surface area contributed by atoms with E-state index in [-0.39, 0.29) is 0 Å². The molecule has 0 rings (SSSR count). The molecule has 0 fully saturated rings. The molecule has 0 aliphatic rings. The van der Waals surface area contributed by atoms with E-state index in [1.54, 1.807) is 0 Å².